The number of nitrogens with one attached hydrogen (secondary N) is 2. The largest absolute Gasteiger partial charge is 0.756 e. The summed E-state index contributed by atoms with van der Waals surface area (Å²) < 4.78 is 0. The van der Waals surface area contributed by atoms with E-state index in [0.29, 0.717) is 39.7 Å². The molecule has 234 valence electrons. The molecule has 2 amide bonds. The molecule has 0 saturated heterocycles. The van der Waals surface area contributed by atoms with Crippen molar-refractivity contribution >= 4 is 51.1 Å². The molecule has 5 heterocycles. The smallest absolute Gasteiger partial charge is 0.286 e. The van der Waals surface area contributed by atoms with E-state index in [4.69, 9.17) is 9.97 Å². The Morgan fingerprint density at radius 1 is 1.00 bits per heavy atom. The van der Waals surface area contributed by atoms with Gasteiger partial charge in [0.2, 0.25) is 5.91 Å². The first-order chi connectivity index (χ1) is 21.4. The predicted molar refractivity (Wildman–Crippen MR) is 179 cm³/mol. The van der Waals surface area contributed by atoms with Crippen LogP contribution in [0.5, 0.6) is 0 Å². The van der Waals surface area contributed by atoms with Crippen LogP contribution in [0, 0.1) is 30.9 Å². The van der Waals surface area contributed by atoms with Gasteiger partial charge in [-0.2, -0.15) is 0 Å². The highest BCUT2D eigenvalue weighted by atomic mass is 16.5. The molecule has 0 radical (unpaired) electrons. The molecular formula is C35H39N6O4-. The molecule has 10 nitrogen and oxygen atoms in total. The van der Waals surface area contributed by atoms with Gasteiger partial charge in [0.1, 0.15) is 0 Å². The van der Waals surface area contributed by atoms with Gasteiger partial charge in [-0.1, -0.05) is 26.5 Å². The van der Waals surface area contributed by atoms with Crippen LogP contribution in [0.1, 0.15) is 103 Å². The molecule has 2 aliphatic rings. The van der Waals surface area contributed by atoms with Gasteiger partial charge in [0.25, 0.3) is 5.91 Å². The summed E-state index contributed by atoms with van der Waals surface area (Å²) in [4.78, 5) is 53.7. The number of hydroxylamine groups is 2. The quantitative estimate of drug-likeness (QED) is 0.208. The molecule has 0 unspecified atom stereocenters. The number of H-pyrrole nitrogens is 2. The van der Waals surface area contributed by atoms with Gasteiger partial charge < -0.3 is 20.2 Å². The van der Waals surface area contributed by atoms with Gasteiger partial charge in [-0.25, -0.2) is 4.98 Å². The van der Waals surface area contributed by atoms with Crippen molar-refractivity contribution in [3.63, 3.8) is 0 Å². The summed E-state index contributed by atoms with van der Waals surface area (Å²) in [5, 5.41) is 15.7. The number of hydrogen-bond donors (Lipinski definition) is 2. The number of carbonyl (C=O) groups excluding carboxylic acids is 2. The minimum absolute atomic E-state index is 0.00566. The molecule has 3 aromatic heterocycles. The molecule has 0 saturated carbocycles. The molecule has 5 rings (SSSR count). The van der Waals surface area contributed by atoms with E-state index < -0.39 is 11.8 Å². The second-order valence-electron chi connectivity index (χ2n) is 11.8. The summed E-state index contributed by atoms with van der Waals surface area (Å²) in [6.45, 7) is 17.6. The number of likely N-dealkylation sites (N-methyl/N-ethyl adjacent to an activating group) is 1. The van der Waals surface area contributed by atoms with Crippen LogP contribution in [0.4, 0.5) is 0 Å². The Labute approximate surface area is 262 Å². The summed E-state index contributed by atoms with van der Waals surface area (Å²) in [5.74, 6) is -1.76. The van der Waals surface area contributed by atoms with Crippen molar-refractivity contribution in [1.82, 2.24) is 25.0 Å². The van der Waals surface area contributed by atoms with Crippen molar-refractivity contribution in [3.8, 4) is 0 Å². The van der Waals surface area contributed by atoms with Crippen LogP contribution in [0.15, 0.2) is 30.0 Å². The first-order valence-corrected chi connectivity index (χ1v) is 15.4. The highest BCUT2D eigenvalue weighted by Crippen LogP contribution is 2.43. The van der Waals surface area contributed by atoms with Gasteiger partial charge >= 0.3 is 0 Å². The maximum Gasteiger partial charge on any atom is 0.286 e. The van der Waals surface area contributed by atoms with E-state index in [9.17, 15) is 19.7 Å². The van der Waals surface area contributed by atoms with Crippen LogP contribution >= 0.6 is 0 Å². The topological polar surface area (TPSA) is 147 Å². The third-order valence-corrected chi connectivity index (χ3v) is 9.38. The Kier molecular flexibility index (Phi) is 8.71. The van der Waals surface area contributed by atoms with Gasteiger partial charge in [-0.3, -0.25) is 14.6 Å². The Bertz CT molecular complexity index is 1950. The van der Waals surface area contributed by atoms with Crippen LogP contribution in [-0.2, 0) is 16.0 Å². The molecule has 8 bridgehead atoms. The van der Waals surface area contributed by atoms with Crippen LogP contribution in [-0.4, -0.2) is 43.4 Å². The van der Waals surface area contributed by atoms with Crippen molar-refractivity contribution in [2.24, 2.45) is 5.18 Å². The molecule has 3 aromatic rings. The van der Waals surface area contributed by atoms with Gasteiger partial charge in [-0.05, 0) is 93.5 Å². The lowest BCUT2D eigenvalue weighted by Crippen LogP contribution is -2.25. The molecule has 0 aromatic carbocycles. The number of rotatable bonds is 7. The molecule has 2 aliphatic heterocycles. The average molecular weight is 608 g/mol. The monoisotopic (exact) mass is 607 g/mol. The second kappa shape index (κ2) is 12.4. The molecule has 0 fully saturated rings. The number of hydrogen-bond acceptors (Lipinski definition) is 6. The maximum absolute atomic E-state index is 13.5. The first-order valence-electron chi connectivity index (χ1n) is 15.4. The molecular weight excluding hydrogens is 568 g/mol. The highest BCUT2D eigenvalue weighted by Gasteiger charge is 2.34. The summed E-state index contributed by atoms with van der Waals surface area (Å²) in [5.41, 5.74) is 11.8. The summed E-state index contributed by atoms with van der Waals surface area (Å²) in [7, 11) is 0. The number of amides is 2. The van der Waals surface area contributed by atoms with E-state index in [0.717, 1.165) is 56.4 Å². The number of aromatic nitrogens is 4. The van der Waals surface area contributed by atoms with E-state index in [2.05, 4.69) is 41.6 Å². The fourth-order valence-electron chi connectivity index (χ4n) is 6.64. The molecule has 2 atom stereocenters. The Morgan fingerprint density at radius 2 is 1.69 bits per heavy atom. The van der Waals surface area contributed by atoms with E-state index in [1.54, 1.807) is 6.92 Å². The van der Waals surface area contributed by atoms with Crippen molar-refractivity contribution < 1.29 is 9.59 Å². The lowest BCUT2D eigenvalue weighted by molar-refractivity contribution is -0.122. The fraction of sp³-hybridized carbons (Fsp3) is 0.371. The van der Waals surface area contributed by atoms with Crippen molar-refractivity contribution in [2.45, 2.75) is 79.6 Å². The number of carbonyl (C=O) groups is 2. The number of nitroso groups, excluding NO2 is 1. The predicted octanol–water partition coefficient (Wildman–Crippen LogP) is 7.68. The van der Waals surface area contributed by atoms with Crippen molar-refractivity contribution in [1.29, 1.82) is 0 Å². The average Bonchev–Trinajstić information content (AvgIpc) is 3.71. The van der Waals surface area contributed by atoms with E-state index in [1.165, 1.54) is 0 Å². The second-order valence-corrected chi connectivity index (χ2v) is 11.8. The Hall–Kier alpha value is -4.70. The number of aryl methyl sites for hydroxylation is 3. The van der Waals surface area contributed by atoms with Crippen molar-refractivity contribution in [3.05, 3.63) is 85.5 Å². The van der Waals surface area contributed by atoms with Crippen LogP contribution in [0.25, 0.3) is 39.3 Å². The van der Waals surface area contributed by atoms with Crippen molar-refractivity contribution in [2.75, 3.05) is 6.54 Å². The van der Waals surface area contributed by atoms with Crippen LogP contribution in [0.3, 0.4) is 0 Å². The van der Waals surface area contributed by atoms with Gasteiger partial charge in [0.05, 0.1) is 17.0 Å². The zero-order chi connectivity index (χ0) is 32.7. The minimum Gasteiger partial charge on any atom is -0.756 e. The Balaban J connectivity index is 1.96. The van der Waals surface area contributed by atoms with Gasteiger partial charge in [0.15, 0.2) is 0 Å². The van der Waals surface area contributed by atoms with E-state index in [-0.39, 0.29) is 30.4 Å². The number of nitrogens with zero attached hydrogens (tertiary/aromatic N) is 4. The van der Waals surface area contributed by atoms with Gasteiger partial charge in [0, 0.05) is 69.0 Å². The highest BCUT2D eigenvalue weighted by molar-refractivity contribution is 6.27. The fourth-order valence-corrected chi connectivity index (χ4v) is 6.64. The normalized spacial score (nSPS) is 16.2. The molecule has 0 spiro atoms. The standard InChI is InChI=1S/C35H39N6O4/c1-9-22-17(4)25-14-27-19(6)24(12-13-31(42)40-44)33(38-27)21(8)34-32(35(43)41(45)11-3)20(7)28(39-34)16-30-23(10-2)18(5)26(37-30)15-29(22)36-25/h9,14-16,19,24,36-37H,1,10-13H2,2-8H3/q-1/t19-,24-/m0/s1. The molecule has 45 heavy (non-hydrogen) atoms. The first kappa shape index (κ1) is 31.7. The van der Waals surface area contributed by atoms with Crippen LogP contribution in [0.2, 0.25) is 0 Å². The van der Waals surface area contributed by atoms with E-state index in [1.807, 2.05) is 45.9 Å². The summed E-state index contributed by atoms with van der Waals surface area (Å²) >= 11 is 0. The maximum atomic E-state index is 13.5. The summed E-state index contributed by atoms with van der Waals surface area (Å²) in [6.07, 6.45) is 2.93. The zero-order valence-corrected chi connectivity index (χ0v) is 26.9. The van der Waals surface area contributed by atoms with E-state index >= 15 is 0 Å². The molecule has 10 heteroatoms. The third kappa shape index (κ3) is 5.44. The number of aromatic amines is 2. The third-order valence-electron chi connectivity index (χ3n) is 9.38. The van der Waals surface area contributed by atoms with Crippen LogP contribution < -0.4 is 0 Å². The lowest BCUT2D eigenvalue weighted by Gasteiger charge is -2.27. The number of allylic oxidation sites excluding steroid dienone is 1. The SMILES string of the molecule is C=Cc1c(C)c2cc3nc(c(C)c4nc(cc5[nH]c(cc1[nH]2)c(C)c5CC)C(C)=C4C(=O)N([O-])CC)[C@@H](CCC(=O)N=O)[C@@H]3C. The van der Waals surface area contributed by atoms with Gasteiger partial charge in [-0.15, -0.1) is 4.91 Å². The number of fused-ring (bicyclic) bond motifs is 8. The molecule has 0 aliphatic carbocycles. The Morgan fingerprint density at radius 3 is 2.33 bits per heavy atom. The lowest BCUT2D eigenvalue weighted by atomic mass is 9.85. The zero-order valence-electron chi connectivity index (χ0n) is 26.9. The molecule has 2 N–H and O–H groups in total. The minimum atomic E-state index is -0.724. The summed E-state index contributed by atoms with van der Waals surface area (Å²) in [6, 6.07) is 6.03.